The Morgan fingerprint density at radius 2 is 1.91 bits per heavy atom. The summed E-state index contributed by atoms with van der Waals surface area (Å²) in [6.07, 6.45) is 2.94. The van der Waals surface area contributed by atoms with Crippen LogP contribution in [0, 0.1) is 13.8 Å². The summed E-state index contributed by atoms with van der Waals surface area (Å²) >= 11 is 6.16. The zero-order chi connectivity index (χ0) is 17.6. The van der Waals surface area contributed by atoms with E-state index in [4.69, 9.17) is 11.6 Å². The van der Waals surface area contributed by atoms with Crippen LogP contribution in [0.1, 0.15) is 37.3 Å². The molecule has 130 valence electrons. The molecule has 1 amide bonds. The molecular formula is C16H25ClN2O3S. The third-order valence-corrected chi connectivity index (χ3v) is 5.12. The van der Waals surface area contributed by atoms with Crippen LogP contribution < -0.4 is 5.32 Å². The lowest BCUT2D eigenvalue weighted by atomic mass is 10.1. The fourth-order valence-corrected chi connectivity index (χ4v) is 3.53. The number of carbonyl (C=O) groups is 1. The van der Waals surface area contributed by atoms with Gasteiger partial charge < -0.3 is 5.32 Å². The van der Waals surface area contributed by atoms with Crippen LogP contribution in [0.5, 0.6) is 0 Å². The fraction of sp³-hybridized carbons (Fsp3) is 0.562. The standard InChI is InChI=1S/C16H25ClN2O3S/c1-5-6-8-19(23(4,21)22)9-7-15(20)18-16-13(3)10-12(2)11-14(16)17/h10-11H,5-9H2,1-4H3,(H,18,20). The van der Waals surface area contributed by atoms with Gasteiger partial charge in [-0.2, -0.15) is 0 Å². The van der Waals surface area contributed by atoms with Crippen molar-refractivity contribution in [2.45, 2.75) is 40.0 Å². The van der Waals surface area contributed by atoms with E-state index >= 15 is 0 Å². The Morgan fingerprint density at radius 1 is 1.26 bits per heavy atom. The highest BCUT2D eigenvalue weighted by atomic mass is 35.5. The van der Waals surface area contributed by atoms with Gasteiger partial charge in [-0.1, -0.05) is 31.0 Å². The summed E-state index contributed by atoms with van der Waals surface area (Å²) in [6, 6.07) is 3.72. The van der Waals surface area contributed by atoms with Crippen molar-refractivity contribution in [2.24, 2.45) is 0 Å². The molecule has 0 aliphatic heterocycles. The molecule has 0 atom stereocenters. The van der Waals surface area contributed by atoms with Crippen molar-refractivity contribution in [3.8, 4) is 0 Å². The number of anilines is 1. The highest BCUT2D eigenvalue weighted by molar-refractivity contribution is 7.88. The molecule has 0 saturated carbocycles. The summed E-state index contributed by atoms with van der Waals surface area (Å²) in [6.45, 7) is 6.41. The first-order chi connectivity index (χ1) is 10.6. The number of unbranched alkanes of at least 4 members (excludes halogenated alkanes) is 1. The number of nitrogens with zero attached hydrogens (tertiary/aromatic N) is 1. The first-order valence-electron chi connectivity index (χ1n) is 7.67. The summed E-state index contributed by atoms with van der Waals surface area (Å²) in [5, 5.41) is 3.26. The maximum Gasteiger partial charge on any atom is 0.225 e. The van der Waals surface area contributed by atoms with E-state index in [1.54, 1.807) is 6.07 Å². The van der Waals surface area contributed by atoms with Gasteiger partial charge in [-0.25, -0.2) is 12.7 Å². The molecule has 0 spiro atoms. The molecule has 0 aliphatic rings. The number of carbonyl (C=O) groups excluding carboxylic acids is 1. The minimum atomic E-state index is -3.30. The van der Waals surface area contributed by atoms with Crippen molar-refractivity contribution in [1.82, 2.24) is 4.31 Å². The third kappa shape index (κ3) is 6.49. The van der Waals surface area contributed by atoms with Crippen LogP contribution in [0.3, 0.4) is 0 Å². The first kappa shape index (κ1) is 19.9. The van der Waals surface area contributed by atoms with Gasteiger partial charge in [0, 0.05) is 19.5 Å². The molecule has 0 fully saturated rings. The maximum absolute atomic E-state index is 12.1. The largest absolute Gasteiger partial charge is 0.325 e. The molecule has 0 unspecified atom stereocenters. The molecule has 1 aromatic rings. The van der Waals surface area contributed by atoms with Crippen molar-refractivity contribution < 1.29 is 13.2 Å². The van der Waals surface area contributed by atoms with E-state index in [1.807, 2.05) is 26.8 Å². The topological polar surface area (TPSA) is 66.5 Å². The minimum Gasteiger partial charge on any atom is -0.325 e. The van der Waals surface area contributed by atoms with Gasteiger partial charge in [-0.05, 0) is 37.5 Å². The monoisotopic (exact) mass is 360 g/mol. The lowest BCUT2D eigenvalue weighted by molar-refractivity contribution is -0.116. The predicted molar refractivity (Wildman–Crippen MR) is 95.5 cm³/mol. The summed E-state index contributed by atoms with van der Waals surface area (Å²) in [5.41, 5.74) is 2.49. The summed E-state index contributed by atoms with van der Waals surface area (Å²) in [5.74, 6) is -0.246. The molecule has 0 radical (unpaired) electrons. The summed E-state index contributed by atoms with van der Waals surface area (Å²) < 4.78 is 24.8. The van der Waals surface area contributed by atoms with E-state index in [0.29, 0.717) is 17.3 Å². The van der Waals surface area contributed by atoms with Gasteiger partial charge in [0.1, 0.15) is 0 Å². The Balaban J connectivity index is 2.69. The molecule has 1 aromatic carbocycles. The van der Waals surface area contributed by atoms with E-state index in [9.17, 15) is 13.2 Å². The summed E-state index contributed by atoms with van der Waals surface area (Å²) in [7, 11) is -3.30. The van der Waals surface area contributed by atoms with E-state index in [-0.39, 0.29) is 18.9 Å². The van der Waals surface area contributed by atoms with Gasteiger partial charge in [-0.3, -0.25) is 4.79 Å². The zero-order valence-electron chi connectivity index (χ0n) is 14.1. The molecule has 0 bridgehead atoms. The summed E-state index contributed by atoms with van der Waals surface area (Å²) in [4.78, 5) is 12.1. The smallest absolute Gasteiger partial charge is 0.225 e. The number of rotatable bonds is 8. The average Bonchev–Trinajstić information content (AvgIpc) is 2.41. The SMILES string of the molecule is CCCCN(CCC(=O)Nc1c(C)cc(C)cc1Cl)S(C)(=O)=O. The lowest BCUT2D eigenvalue weighted by Gasteiger charge is -2.19. The van der Waals surface area contributed by atoms with Crippen LogP contribution in [-0.4, -0.2) is 38.0 Å². The predicted octanol–water partition coefficient (Wildman–Crippen LogP) is 3.35. The number of aryl methyl sites for hydroxylation is 2. The van der Waals surface area contributed by atoms with E-state index in [0.717, 1.165) is 24.0 Å². The van der Waals surface area contributed by atoms with E-state index in [1.165, 1.54) is 10.6 Å². The van der Waals surface area contributed by atoms with Crippen molar-refractivity contribution in [3.05, 3.63) is 28.3 Å². The Kier molecular flexibility index (Phi) is 7.51. The number of amides is 1. The second-order valence-electron chi connectivity index (χ2n) is 5.75. The second-order valence-corrected chi connectivity index (χ2v) is 8.14. The average molecular weight is 361 g/mol. The van der Waals surface area contributed by atoms with Crippen LogP contribution in [-0.2, 0) is 14.8 Å². The zero-order valence-corrected chi connectivity index (χ0v) is 15.7. The highest BCUT2D eigenvalue weighted by Gasteiger charge is 2.18. The Bertz CT molecular complexity index is 636. The van der Waals surface area contributed by atoms with Crippen molar-refractivity contribution >= 4 is 33.2 Å². The van der Waals surface area contributed by atoms with Gasteiger partial charge in [0.2, 0.25) is 15.9 Å². The molecule has 1 rings (SSSR count). The number of benzene rings is 1. The number of hydrogen-bond acceptors (Lipinski definition) is 3. The number of hydrogen-bond donors (Lipinski definition) is 1. The maximum atomic E-state index is 12.1. The second kappa shape index (κ2) is 8.66. The molecule has 1 N–H and O–H groups in total. The molecule has 0 heterocycles. The van der Waals surface area contributed by atoms with Gasteiger partial charge >= 0.3 is 0 Å². The molecular weight excluding hydrogens is 336 g/mol. The van der Waals surface area contributed by atoms with Crippen LogP contribution in [0.15, 0.2) is 12.1 Å². The van der Waals surface area contributed by atoms with E-state index < -0.39 is 10.0 Å². The van der Waals surface area contributed by atoms with Crippen LogP contribution >= 0.6 is 11.6 Å². The molecule has 7 heteroatoms. The van der Waals surface area contributed by atoms with Gasteiger partial charge in [0.25, 0.3) is 0 Å². The van der Waals surface area contributed by atoms with Gasteiger partial charge in [0.15, 0.2) is 0 Å². The van der Waals surface area contributed by atoms with Crippen LogP contribution in [0.4, 0.5) is 5.69 Å². The van der Waals surface area contributed by atoms with Gasteiger partial charge in [0.05, 0.1) is 17.0 Å². The Labute approximate surface area is 144 Å². The normalized spacial score (nSPS) is 11.7. The molecule has 0 aliphatic carbocycles. The van der Waals surface area contributed by atoms with Crippen LogP contribution in [0.25, 0.3) is 0 Å². The van der Waals surface area contributed by atoms with Crippen molar-refractivity contribution in [3.63, 3.8) is 0 Å². The Hall–Kier alpha value is -1.11. The van der Waals surface area contributed by atoms with Crippen molar-refractivity contribution in [1.29, 1.82) is 0 Å². The van der Waals surface area contributed by atoms with Crippen LogP contribution in [0.2, 0.25) is 5.02 Å². The molecule has 23 heavy (non-hydrogen) atoms. The van der Waals surface area contributed by atoms with E-state index in [2.05, 4.69) is 5.32 Å². The fourth-order valence-electron chi connectivity index (χ4n) is 2.28. The highest BCUT2D eigenvalue weighted by Crippen LogP contribution is 2.27. The lowest BCUT2D eigenvalue weighted by Crippen LogP contribution is -2.33. The van der Waals surface area contributed by atoms with Gasteiger partial charge in [-0.15, -0.1) is 0 Å². The minimum absolute atomic E-state index is 0.0976. The third-order valence-electron chi connectivity index (χ3n) is 3.51. The van der Waals surface area contributed by atoms with Crippen molar-refractivity contribution in [2.75, 3.05) is 24.7 Å². The number of nitrogens with one attached hydrogen (secondary N) is 1. The number of halogens is 1. The first-order valence-corrected chi connectivity index (χ1v) is 9.89. The Morgan fingerprint density at radius 3 is 2.43 bits per heavy atom. The molecule has 0 saturated heterocycles. The molecule has 5 nitrogen and oxygen atoms in total. The molecule has 0 aromatic heterocycles. The number of sulfonamides is 1. The quantitative estimate of drug-likeness (QED) is 0.773.